The van der Waals surface area contributed by atoms with Crippen molar-refractivity contribution < 1.29 is 14.3 Å². The van der Waals surface area contributed by atoms with Gasteiger partial charge in [0.05, 0.1) is 30.5 Å². The van der Waals surface area contributed by atoms with Gasteiger partial charge in [0.15, 0.2) is 0 Å². The summed E-state index contributed by atoms with van der Waals surface area (Å²) >= 11 is 0. The van der Waals surface area contributed by atoms with Crippen LogP contribution in [0.25, 0.3) is 22.2 Å². The van der Waals surface area contributed by atoms with Gasteiger partial charge in [0, 0.05) is 11.8 Å². The molecule has 0 unspecified atom stereocenters. The summed E-state index contributed by atoms with van der Waals surface area (Å²) < 4.78 is 12.7. The molecule has 1 aliphatic heterocycles. The van der Waals surface area contributed by atoms with Crippen molar-refractivity contribution in [1.82, 2.24) is 9.61 Å². The Balaban J connectivity index is 1.61. The smallest absolute Gasteiger partial charge is 0.338 e. The number of fused-ring (bicyclic) bond motifs is 1. The third-order valence-electron chi connectivity index (χ3n) is 4.68. The van der Waals surface area contributed by atoms with Gasteiger partial charge in [-0.25, -0.2) is 9.31 Å². The quantitative estimate of drug-likeness (QED) is 0.619. The van der Waals surface area contributed by atoms with Crippen LogP contribution in [0.4, 0.5) is 0 Å². The fourth-order valence-corrected chi connectivity index (χ4v) is 3.31. The Morgan fingerprint density at radius 1 is 1.11 bits per heavy atom. The maximum atomic E-state index is 12.2. The van der Waals surface area contributed by atoms with Crippen molar-refractivity contribution in [3.05, 3.63) is 66.0 Å². The zero-order valence-electron chi connectivity index (χ0n) is 16.4. The first-order chi connectivity index (χ1) is 13.4. The summed E-state index contributed by atoms with van der Waals surface area (Å²) in [6.45, 7) is 7.02. The summed E-state index contributed by atoms with van der Waals surface area (Å²) in [4.78, 5) is 12.2. The van der Waals surface area contributed by atoms with Gasteiger partial charge in [-0.1, -0.05) is 24.3 Å². The summed E-state index contributed by atoms with van der Waals surface area (Å²) in [5.41, 5.74) is 5.59. The monoisotopic (exact) mass is 376 g/mol. The Morgan fingerprint density at radius 3 is 2.54 bits per heavy atom. The van der Waals surface area contributed by atoms with Crippen LogP contribution in [0.5, 0.6) is 0 Å². The minimum Gasteiger partial charge on any atom is -0.456 e. The van der Waals surface area contributed by atoms with Crippen LogP contribution in [-0.2, 0) is 9.47 Å². The summed E-state index contributed by atoms with van der Waals surface area (Å²) in [6, 6.07) is 11.7. The van der Waals surface area contributed by atoms with Crippen molar-refractivity contribution in [2.24, 2.45) is 0 Å². The average molecular weight is 376 g/mol. The molecule has 2 aromatic heterocycles. The molecule has 0 saturated heterocycles. The largest absolute Gasteiger partial charge is 0.456 e. The van der Waals surface area contributed by atoms with Gasteiger partial charge in [-0.2, -0.15) is 5.10 Å². The Morgan fingerprint density at radius 2 is 1.86 bits per heavy atom. The number of ether oxygens (including phenoxy) is 2. The van der Waals surface area contributed by atoms with Crippen LogP contribution in [0.2, 0.25) is 0 Å². The second-order valence-corrected chi connectivity index (χ2v) is 7.94. The van der Waals surface area contributed by atoms with Crippen molar-refractivity contribution in [2.45, 2.75) is 32.8 Å². The molecule has 3 heterocycles. The molecule has 5 nitrogen and oxygen atoms in total. The zero-order chi connectivity index (χ0) is 19.7. The van der Waals surface area contributed by atoms with Gasteiger partial charge in [0.1, 0.15) is 5.60 Å². The number of hydrogen-bond donors (Lipinski definition) is 0. The number of nitrogens with zero attached hydrogens (tertiary/aromatic N) is 2. The molecule has 0 spiro atoms. The highest BCUT2D eigenvalue weighted by molar-refractivity contribution is 5.91. The summed E-state index contributed by atoms with van der Waals surface area (Å²) in [7, 11) is 0. The van der Waals surface area contributed by atoms with Crippen molar-refractivity contribution >= 4 is 17.1 Å². The van der Waals surface area contributed by atoms with Crippen LogP contribution in [0.15, 0.2) is 54.9 Å². The third-order valence-corrected chi connectivity index (χ3v) is 4.68. The number of benzene rings is 1. The molecule has 0 bridgehead atoms. The Kier molecular flexibility index (Phi) is 4.77. The molecule has 0 atom stereocenters. The van der Waals surface area contributed by atoms with Gasteiger partial charge < -0.3 is 9.47 Å². The maximum absolute atomic E-state index is 12.2. The molecule has 3 aromatic rings. The predicted molar refractivity (Wildman–Crippen MR) is 109 cm³/mol. The van der Waals surface area contributed by atoms with E-state index in [1.54, 1.807) is 12.1 Å². The highest BCUT2D eigenvalue weighted by Crippen LogP contribution is 2.28. The van der Waals surface area contributed by atoms with E-state index >= 15 is 0 Å². The highest BCUT2D eigenvalue weighted by atomic mass is 16.6. The van der Waals surface area contributed by atoms with Crippen LogP contribution < -0.4 is 0 Å². The number of pyridine rings is 1. The summed E-state index contributed by atoms with van der Waals surface area (Å²) in [5, 5.41) is 4.52. The normalized spacial score (nSPS) is 14.8. The average Bonchev–Trinajstić information content (AvgIpc) is 3.11. The van der Waals surface area contributed by atoms with Crippen molar-refractivity contribution in [2.75, 3.05) is 13.2 Å². The van der Waals surface area contributed by atoms with Crippen LogP contribution in [0, 0.1) is 0 Å². The molecule has 0 fully saturated rings. The molecule has 1 aromatic carbocycles. The van der Waals surface area contributed by atoms with E-state index in [-0.39, 0.29) is 5.97 Å². The first kappa shape index (κ1) is 18.4. The lowest BCUT2D eigenvalue weighted by Gasteiger charge is -2.19. The van der Waals surface area contributed by atoms with Crippen LogP contribution in [0.3, 0.4) is 0 Å². The van der Waals surface area contributed by atoms with Gasteiger partial charge in [-0.05, 0) is 62.1 Å². The molecule has 0 saturated carbocycles. The molecule has 0 radical (unpaired) electrons. The van der Waals surface area contributed by atoms with E-state index in [1.807, 2.05) is 43.6 Å². The van der Waals surface area contributed by atoms with E-state index < -0.39 is 5.60 Å². The number of carbonyl (C=O) groups is 1. The van der Waals surface area contributed by atoms with Crippen LogP contribution >= 0.6 is 0 Å². The minimum absolute atomic E-state index is 0.312. The van der Waals surface area contributed by atoms with Gasteiger partial charge >= 0.3 is 5.97 Å². The topological polar surface area (TPSA) is 52.8 Å². The second kappa shape index (κ2) is 7.24. The lowest BCUT2D eigenvalue weighted by molar-refractivity contribution is 0.00695. The number of rotatable bonds is 3. The lowest BCUT2D eigenvalue weighted by atomic mass is 10.0. The minimum atomic E-state index is -0.504. The molecule has 1 aliphatic rings. The van der Waals surface area contributed by atoms with Crippen molar-refractivity contribution in [1.29, 1.82) is 0 Å². The van der Waals surface area contributed by atoms with Crippen LogP contribution in [-0.4, -0.2) is 34.4 Å². The summed E-state index contributed by atoms with van der Waals surface area (Å²) in [5.74, 6) is -0.312. The van der Waals surface area contributed by atoms with E-state index in [0.29, 0.717) is 12.2 Å². The maximum Gasteiger partial charge on any atom is 0.338 e. The standard InChI is InChI=1S/C23H24N2O3/c1-23(2,3)28-22(26)18-6-4-17(5-7-18)20-14-24-25-15-19(8-9-21(20)25)16-10-12-27-13-11-16/h4-10,14-15H,11-13H2,1-3H3. The number of esters is 1. The Hall–Kier alpha value is -2.92. The molecule has 0 N–H and O–H groups in total. The fraction of sp³-hybridized carbons (Fsp3) is 0.304. The molecule has 4 rings (SSSR count). The molecule has 144 valence electrons. The molecule has 5 heteroatoms. The lowest BCUT2D eigenvalue weighted by Crippen LogP contribution is -2.23. The van der Waals surface area contributed by atoms with Gasteiger partial charge in [0.25, 0.3) is 0 Å². The van der Waals surface area contributed by atoms with E-state index in [0.717, 1.165) is 29.7 Å². The molecular formula is C23H24N2O3. The first-order valence-corrected chi connectivity index (χ1v) is 9.49. The molecule has 28 heavy (non-hydrogen) atoms. The van der Waals surface area contributed by atoms with E-state index in [4.69, 9.17) is 9.47 Å². The SMILES string of the molecule is CC(C)(C)OC(=O)c1ccc(-c2cnn3cc(C4=CCOCC4)ccc23)cc1. The van der Waals surface area contributed by atoms with Crippen LogP contribution in [0.1, 0.15) is 43.1 Å². The predicted octanol–water partition coefficient (Wildman–Crippen LogP) is 4.76. The number of hydrogen-bond acceptors (Lipinski definition) is 4. The molecular weight excluding hydrogens is 352 g/mol. The summed E-state index contributed by atoms with van der Waals surface area (Å²) in [6.07, 6.45) is 6.97. The van der Waals surface area contributed by atoms with Gasteiger partial charge in [0.2, 0.25) is 0 Å². The highest BCUT2D eigenvalue weighted by Gasteiger charge is 2.18. The number of aromatic nitrogens is 2. The van der Waals surface area contributed by atoms with Crippen molar-refractivity contribution in [3.63, 3.8) is 0 Å². The van der Waals surface area contributed by atoms with Gasteiger partial charge in [-0.15, -0.1) is 0 Å². The molecule has 0 amide bonds. The fourth-order valence-electron chi connectivity index (χ4n) is 3.31. The Bertz CT molecular complexity index is 1040. The Labute approximate surface area is 164 Å². The first-order valence-electron chi connectivity index (χ1n) is 9.49. The molecule has 0 aliphatic carbocycles. The second-order valence-electron chi connectivity index (χ2n) is 7.94. The third kappa shape index (κ3) is 3.85. The number of carbonyl (C=O) groups excluding carboxylic acids is 1. The van der Waals surface area contributed by atoms with E-state index in [9.17, 15) is 4.79 Å². The van der Waals surface area contributed by atoms with E-state index in [1.165, 1.54) is 11.1 Å². The van der Waals surface area contributed by atoms with E-state index in [2.05, 4.69) is 29.5 Å². The zero-order valence-corrected chi connectivity index (χ0v) is 16.4. The van der Waals surface area contributed by atoms with Gasteiger partial charge in [-0.3, -0.25) is 0 Å². The van der Waals surface area contributed by atoms with Crippen molar-refractivity contribution in [3.8, 4) is 11.1 Å².